The molecule has 2 aromatic carbocycles. The number of nitrogens with zero attached hydrogens (tertiary/aromatic N) is 1. The van der Waals surface area contributed by atoms with Crippen LogP contribution in [0.5, 0.6) is 5.75 Å². The summed E-state index contributed by atoms with van der Waals surface area (Å²) < 4.78 is 5.48. The third-order valence-corrected chi connectivity index (χ3v) is 4.83. The van der Waals surface area contributed by atoms with Gasteiger partial charge in [0.25, 0.3) is 5.91 Å². The number of carbonyl (C=O) groups excluding carboxylic acids is 3. The summed E-state index contributed by atoms with van der Waals surface area (Å²) in [7, 11) is 0. The summed E-state index contributed by atoms with van der Waals surface area (Å²) >= 11 is 6.20. The van der Waals surface area contributed by atoms with Crippen molar-refractivity contribution in [2.24, 2.45) is 5.10 Å². The van der Waals surface area contributed by atoms with Crippen LogP contribution in [0.3, 0.4) is 0 Å². The molecule has 0 aliphatic carbocycles. The number of carbonyl (C=O) groups is 3. The van der Waals surface area contributed by atoms with Crippen molar-refractivity contribution in [3.8, 4) is 5.75 Å². The Morgan fingerprint density at radius 3 is 2.44 bits per heavy atom. The number of hydrazone groups is 1. The monoisotopic (exact) mass is 458 g/mol. The van der Waals surface area contributed by atoms with Crippen LogP contribution < -0.4 is 20.8 Å². The first kappa shape index (κ1) is 24.9. The van der Waals surface area contributed by atoms with Crippen LogP contribution in [0, 0.1) is 0 Å². The lowest BCUT2D eigenvalue weighted by molar-refractivity contribution is -0.139. The van der Waals surface area contributed by atoms with Crippen LogP contribution in [0.2, 0.25) is 5.02 Å². The van der Waals surface area contributed by atoms with Gasteiger partial charge in [-0.15, -0.1) is 0 Å². The molecule has 8 nitrogen and oxygen atoms in total. The second-order valence-corrected chi connectivity index (χ2v) is 7.47. The maximum absolute atomic E-state index is 12.1. The van der Waals surface area contributed by atoms with E-state index in [-0.39, 0.29) is 23.6 Å². The number of amides is 3. The van der Waals surface area contributed by atoms with Gasteiger partial charge < -0.3 is 15.4 Å². The minimum atomic E-state index is -0.858. The zero-order valence-corrected chi connectivity index (χ0v) is 19.0. The fourth-order valence-electron chi connectivity index (χ4n) is 2.49. The highest BCUT2D eigenvalue weighted by Gasteiger charge is 2.14. The van der Waals surface area contributed by atoms with E-state index >= 15 is 0 Å². The summed E-state index contributed by atoms with van der Waals surface area (Å²) in [5.74, 6) is -1.59. The highest BCUT2D eigenvalue weighted by Crippen LogP contribution is 2.25. The molecule has 0 unspecified atom stereocenters. The Morgan fingerprint density at radius 2 is 1.81 bits per heavy atom. The quantitative estimate of drug-likeness (QED) is 0.304. The minimum absolute atomic E-state index is 0.104. The standard InChI is InChI=1S/C23H27ClN4O4/c1-4-15(3)26-22(30)23(31)28-25-13-17-8-11-20(19(24)12-17)32-14-21(29)27-18-9-6-16(5-2)7-10-18/h6-13,15H,4-5,14H2,1-3H3,(H,26,30)(H,27,29)(H,28,31)/b25-13-/t15-/m1/s1. The van der Waals surface area contributed by atoms with Crippen molar-refractivity contribution in [1.29, 1.82) is 0 Å². The average molecular weight is 459 g/mol. The molecule has 0 spiro atoms. The van der Waals surface area contributed by atoms with Gasteiger partial charge in [-0.3, -0.25) is 14.4 Å². The molecule has 3 amide bonds. The summed E-state index contributed by atoms with van der Waals surface area (Å²) in [6.45, 7) is 5.55. The predicted molar refractivity (Wildman–Crippen MR) is 125 cm³/mol. The lowest BCUT2D eigenvalue weighted by atomic mass is 10.1. The second-order valence-electron chi connectivity index (χ2n) is 7.06. The predicted octanol–water partition coefficient (Wildman–Crippen LogP) is 3.28. The van der Waals surface area contributed by atoms with Crippen LogP contribution in [-0.2, 0) is 20.8 Å². The average Bonchev–Trinajstić information content (AvgIpc) is 2.78. The SMILES string of the molecule is CCc1ccc(NC(=O)COc2ccc(/C=N\NC(=O)C(=O)N[C@H](C)CC)cc2Cl)cc1. The number of hydrogen-bond donors (Lipinski definition) is 3. The van der Waals surface area contributed by atoms with Gasteiger partial charge in [0.2, 0.25) is 0 Å². The molecule has 0 saturated heterocycles. The fraction of sp³-hybridized carbons (Fsp3) is 0.304. The van der Waals surface area contributed by atoms with Crippen molar-refractivity contribution < 1.29 is 19.1 Å². The third-order valence-electron chi connectivity index (χ3n) is 4.54. The van der Waals surface area contributed by atoms with Gasteiger partial charge in [0.05, 0.1) is 11.2 Å². The van der Waals surface area contributed by atoms with E-state index in [1.165, 1.54) is 11.8 Å². The molecule has 0 aliphatic heterocycles. The Labute approximate surface area is 192 Å². The lowest BCUT2D eigenvalue weighted by Gasteiger charge is -2.10. The highest BCUT2D eigenvalue weighted by atomic mass is 35.5. The normalized spacial score (nSPS) is 11.6. The molecule has 0 aromatic heterocycles. The van der Waals surface area contributed by atoms with Crippen LogP contribution >= 0.6 is 11.6 Å². The number of ether oxygens (including phenoxy) is 1. The van der Waals surface area contributed by atoms with Crippen molar-refractivity contribution >= 4 is 41.2 Å². The van der Waals surface area contributed by atoms with Crippen molar-refractivity contribution in [3.63, 3.8) is 0 Å². The number of benzene rings is 2. The van der Waals surface area contributed by atoms with Crippen molar-refractivity contribution in [2.45, 2.75) is 39.7 Å². The number of aryl methyl sites for hydroxylation is 1. The number of hydrogen-bond acceptors (Lipinski definition) is 5. The van der Waals surface area contributed by atoms with E-state index in [1.54, 1.807) is 25.1 Å². The van der Waals surface area contributed by atoms with Crippen LogP contribution in [0.25, 0.3) is 0 Å². The molecule has 0 aliphatic rings. The Balaban J connectivity index is 1.84. The molecule has 0 bridgehead atoms. The largest absolute Gasteiger partial charge is 0.482 e. The lowest BCUT2D eigenvalue weighted by Crippen LogP contribution is -2.41. The fourth-order valence-corrected chi connectivity index (χ4v) is 2.73. The molecular weight excluding hydrogens is 432 g/mol. The van der Waals surface area contributed by atoms with Crippen LogP contribution in [0.4, 0.5) is 5.69 Å². The van der Waals surface area contributed by atoms with E-state index in [0.29, 0.717) is 23.4 Å². The van der Waals surface area contributed by atoms with Gasteiger partial charge in [0, 0.05) is 11.7 Å². The summed E-state index contributed by atoms with van der Waals surface area (Å²) in [5.41, 5.74) is 4.60. The minimum Gasteiger partial charge on any atom is -0.482 e. The Hall–Kier alpha value is -3.39. The van der Waals surface area contributed by atoms with E-state index in [4.69, 9.17) is 16.3 Å². The Kier molecular flexibility index (Phi) is 9.69. The van der Waals surface area contributed by atoms with E-state index in [9.17, 15) is 14.4 Å². The number of halogens is 1. The van der Waals surface area contributed by atoms with Crippen molar-refractivity contribution in [3.05, 3.63) is 58.6 Å². The summed E-state index contributed by atoms with van der Waals surface area (Å²) in [4.78, 5) is 35.4. The van der Waals surface area contributed by atoms with Gasteiger partial charge in [-0.1, -0.05) is 37.6 Å². The van der Waals surface area contributed by atoms with E-state index in [2.05, 4.69) is 28.1 Å². The maximum atomic E-state index is 12.1. The molecule has 32 heavy (non-hydrogen) atoms. The third kappa shape index (κ3) is 8.03. The molecule has 0 saturated carbocycles. The van der Waals surface area contributed by atoms with Crippen molar-refractivity contribution in [2.75, 3.05) is 11.9 Å². The van der Waals surface area contributed by atoms with E-state index < -0.39 is 11.8 Å². The first-order valence-electron chi connectivity index (χ1n) is 10.3. The number of rotatable bonds is 9. The van der Waals surface area contributed by atoms with Crippen LogP contribution in [0.1, 0.15) is 38.3 Å². The zero-order valence-electron chi connectivity index (χ0n) is 18.3. The van der Waals surface area contributed by atoms with Gasteiger partial charge in [-0.25, -0.2) is 5.43 Å². The smallest absolute Gasteiger partial charge is 0.329 e. The van der Waals surface area contributed by atoms with E-state index in [0.717, 1.165) is 6.42 Å². The molecule has 0 heterocycles. The van der Waals surface area contributed by atoms with Crippen LogP contribution in [0.15, 0.2) is 47.6 Å². The Morgan fingerprint density at radius 1 is 1.09 bits per heavy atom. The molecule has 3 N–H and O–H groups in total. The van der Waals surface area contributed by atoms with Gasteiger partial charge >= 0.3 is 11.8 Å². The molecular formula is C23H27ClN4O4. The zero-order chi connectivity index (χ0) is 23.5. The van der Waals surface area contributed by atoms with Gasteiger partial charge in [-0.05, 0) is 61.2 Å². The number of anilines is 1. The van der Waals surface area contributed by atoms with Gasteiger partial charge in [0.1, 0.15) is 5.75 Å². The summed E-state index contributed by atoms with van der Waals surface area (Å²) in [5, 5.41) is 9.32. The van der Waals surface area contributed by atoms with Crippen molar-refractivity contribution in [1.82, 2.24) is 10.7 Å². The first-order chi connectivity index (χ1) is 15.3. The molecule has 2 aromatic rings. The Bertz CT molecular complexity index is 976. The molecule has 0 fully saturated rings. The first-order valence-corrected chi connectivity index (χ1v) is 10.6. The summed E-state index contributed by atoms with van der Waals surface area (Å²) in [6, 6.07) is 12.3. The van der Waals surface area contributed by atoms with Gasteiger partial charge in [0.15, 0.2) is 6.61 Å². The molecule has 2 rings (SSSR count). The van der Waals surface area contributed by atoms with Gasteiger partial charge in [-0.2, -0.15) is 5.10 Å². The summed E-state index contributed by atoms with van der Waals surface area (Å²) in [6.07, 6.45) is 2.98. The maximum Gasteiger partial charge on any atom is 0.329 e. The van der Waals surface area contributed by atoms with E-state index in [1.807, 2.05) is 31.2 Å². The highest BCUT2D eigenvalue weighted by molar-refractivity contribution is 6.35. The molecule has 9 heteroatoms. The number of nitrogens with one attached hydrogen (secondary N) is 3. The molecule has 1 atom stereocenters. The molecule has 170 valence electrons. The van der Waals surface area contributed by atoms with Crippen LogP contribution in [-0.4, -0.2) is 36.6 Å². The molecule has 0 radical (unpaired) electrons. The topological polar surface area (TPSA) is 109 Å². The second kappa shape index (κ2) is 12.5.